The Morgan fingerprint density at radius 3 is 2.25 bits per heavy atom. The number of nitrogens with zero attached hydrogens (tertiary/aromatic N) is 2. The van der Waals surface area contributed by atoms with Crippen LogP contribution < -0.4 is 14.4 Å². The van der Waals surface area contributed by atoms with E-state index >= 15 is 0 Å². The van der Waals surface area contributed by atoms with Gasteiger partial charge in [-0.05, 0) is 67.8 Å². The number of rotatable bonds is 12. The van der Waals surface area contributed by atoms with Gasteiger partial charge in [0.15, 0.2) is 0 Å². The minimum atomic E-state index is -3.50. The average Bonchev–Trinajstić information content (AvgIpc) is 2.85. The molecule has 0 aliphatic carbocycles. The van der Waals surface area contributed by atoms with Crippen LogP contribution in [-0.4, -0.2) is 66.1 Å². The van der Waals surface area contributed by atoms with Crippen LogP contribution in [0.3, 0.4) is 0 Å². The summed E-state index contributed by atoms with van der Waals surface area (Å²) >= 11 is 5.87. The van der Waals surface area contributed by atoms with E-state index in [4.69, 9.17) is 16.3 Å². The topological polar surface area (TPSA) is 113 Å². The van der Waals surface area contributed by atoms with Crippen LogP contribution in [-0.2, 0) is 24.8 Å². The third-order valence-corrected chi connectivity index (χ3v) is 9.11. The molecule has 1 fully saturated rings. The maximum Gasteiger partial charge on any atom is 0.243 e. The molecular formula is C24H32ClN3O6S2. The molecule has 9 nitrogen and oxygen atoms in total. The Bertz CT molecular complexity index is 1210. The van der Waals surface area contributed by atoms with Crippen LogP contribution in [0.4, 0.5) is 5.69 Å². The zero-order chi connectivity index (χ0) is 26.2. The molecule has 1 saturated heterocycles. The summed E-state index contributed by atoms with van der Waals surface area (Å²) in [7, 11) is -6.99. The first-order valence-corrected chi connectivity index (χ1v) is 15.5. The number of carbonyl (C=O) groups excluding carboxylic acids is 1. The molecule has 36 heavy (non-hydrogen) atoms. The van der Waals surface area contributed by atoms with Crippen molar-refractivity contribution in [1.29, 1.82) is 0 Å². The van der Waals surface area contributed by atoms with Crippen LogP contribution >= 0.6 is 11.6 Å². The molecule has 1 aliphatic heterocycles. The Morgan fingerprint density at radius 1 is 1.00 bits per heavy atom. The average molecular weight is 558 g/mol. The highest BCUT2D eigenvalue weighted by atomic mass is 35.5. The fourth-order valence-electron chi connectivity index (χ4n) is 3.89. The quantitative estimate of drug-likeness (QED) is 0.401. The van der Waals surface area contributed by atoms with Crippen LogP contribution in [0.15, 0.2) is 53.4 Å². The van der Waals surface area contributed by atoms with Crippen molar-refractivity contribution in [2.24, 2.45) is 0 Å². The van der Waals surface area contributed by atoms with Gasteiger partial charge in [0.2, 0.25) is 26.0 Å². The molecule has 2 aromatic carbocycles. The smallest absolute Gasteiger partial charge is 0.243 e. The summed E-state index contributed by atoms with van der Waals surface area (Å²) in [5.74, 6) is 0.291. The summed E-state index contributed by atoms with van der Waals surface area (Å²) < 4.78 is 58.1. The molecule has 0 unspecified atom stereocenters. The van der Waals surface area contributed by atoms with E-state index in [-0.39, 0.29) is 36.9 Å². The Morgan fingerprint density at radius 2 is 1.64 bits per heavy atom. The normalized spacial score (nSPS) is 14.8. The lowest BCUT2D eigenvalue weighted by Crippen LogP contribution is -2.35. The lowest BCUT2D eigenvalue weighted by Gasteiger charge is -2.25. The number of carbonyl (C=O) groups is 1. The van der Waals surface area contributed by atoms with Gasteiger partial charge in [0.05, 0.1) is 23.4 Å². The number of amides is 1. The molecule has 198 valence electrons. The standard InChI is InChI=1S/C24H32ClN3O6S2/c1-35(30,31)28(21-9-7-20(25)8-10-21)18-5-6-24(29)26-15-19-34-22-11-13-23(14-12-22)36(32,33)27-16-3-2-4-17-27/h7-14H,2-6,15-19H2,1H3,(H,26,29). The van der Waals surface area contributed by atoms with E-state index in [1.807, 2.05) is 0 Å². The summed E-state index contributed by atoms with van der Waals surface area (Å²) in [5, 5.41) is 3.25. The molecule has 1 N–H and O–H groups in total. The van der Waals surface area contributed by atoms with Crippen molar-refractivity contribution in [2.75, 3.05) is 43.3 Å². The van der Waals surface area contributed by atoms with E-state index in [1.165, 1.54) is 20.7 Å². The zero-order valence-corrected chi connectivity index (χ0v) is 22.6. The van der Waals surface area contributed by atoms with Gasteiger partial charge >= 0.3 is 0 Å². The molecule has 0 radical (unpaired) electrons. The summed E-state index contributed by atoms with van der Waals surface area (Å²) in [6.07, 6.45) is 4.43. The van der Waals surface area contributed by atoms with Gasteiger partial charge in [0.1, 0.15) is 12.4 Å². The largest absolute Gasteiger partial charge is 0.492 e. The van der Waals surface area contributed by atoms with Gasteiger partial charge in [-0.1, -0.05) is 18.0 Å². The summed E-state index contributed by atoms with van der Waals surface area (Å²) in [5.41, 5.74) is 0.491. The molecule has 0 spiro atoms. The molecule has 0 saturated carbocycles. The van der Waals surface area contributed by atoms with Crippen LogP contribution in [0.2, 0.25) is 5.02 Å². The molecule has 1 heterocycles. The Balaban J connectivity index is 1.39. The van der Waals surface area contributed by atoms with Crippen molar-refractivity contribution >= 4 is 43.2 Å². The number of anilines is 1. The second-order valence-corrected chi connectivity index (χ2v) is 12.8. The number of piperidine rings is 1. The highest BCUT2D eigenvalue weighted by Crippen LogP contribution is 2.23. The lowest BCUT2D eigenvalue weighted by atomic mass is 10.2. The van der Waals surface area contributed by atoms with Crippen LogP contribution in [0.1, 0.15) is 32.1 Å². The van der Waals surface area contributed by atoms with E-state index < -0.39 is 20.0 Å². The van der Waals surface area contributed by atoms with Crippen molar-refractivity contribution < 1.29 is 26.4 Å². The number of sulfonamides is 2. The maximum atomic E-state index is 12.7. The van der Waals surface area contributed by atoms with E-state index in [0.717, 1.165) is 25.5 Å². The van der Waals surface area contributed by atoms with Gasteiger partial charge in [0, 0.05) is 31.1 Å². The number of nitrogens with one attached hydrogen (secondary N) is 1. The summed E-state index contributed by atoms with van der Waals surface area (Å²) in [4.78, 5) is 12.4. The molecule has 1 amide bonds. The van der Waals surface area contributed by atoms with E-state index in [0.29, 0.717) is 36.0 Å². The first kappa shape index (κ1) is 28.2. The summed E-state index contributed by atoms with van der Waals surface area (Å²) in [6.45, 7) is 1.74. The van der Waals surface area contributed by atoms with E-state index in [9.17, 15) is 21.6 Å². The number of hydrogen-bond acceptors (Lipinski definition) is 6. The van der Waals surface area contributed by atoms with Gasteiger partial charge in [0.25, 0.3) is 0 Å². The number of hydrogen-bond donors (Lipinski definition) is 1. The van der Waals surface area contributed by atoms with Crippen LogP contribution in [0.25, 0.3) is 0 Å². The van der Waals surface area contributed by atoms with Crippen molar-refractivity contribution in [1.82, 2.24) is 9.62 Å². The highest BCUT2D eigenvalue weighted by molar-refractivity contribution is 7.92. The first-order valence-electron chi connectivity index (χ1n) is 11.8. The molecule has 0 atom stereocenters. The first-order chi connectivity index (χ1) is 17.1. The van der Waals surface area contributed by atoms with Crippen molar-refractivity contribution in [3.05, 3.63) is 53.6 Å². The summed E-state index contributed by atoms with van der Waals surface area (Å²) in [6, 6.07) is 12.8. The molecule has 1 aliphatic rings. The number of halogens is 1. The molecule has 12 heteroatoms. The second kappa shape index (κ2) is 12.8. The van der Waals surface area contributed by atoms with Crippen molar-refractivity contribution in [3.63, 3.8) is 0 Å². The Labute approximate surface area is 218 Å². The van der Waals surface area contributed by atoms with Gasteiger partial charge in [-0.25, -0.2) is 16.8 Å². The van der Waals surface area contributed by atoms with E-state index in [1.54, 1.807) is 36.4 Å². The van der Waals surface area contributed by atoms with Gasteiger partial charge in [-0.2, -0.15) is 4.31 Å². The molecule has 0 bridgehead atoms. The SMILES string of the molecule is CS(=O)(=O)N(CCCC(=O)NCCOc1ccc(S(=O)(=O)N2CCCCC2)cc1)c1ccc(Cl)cc1. The van der Waals surface area contributed by atoms with Crippen molar-refractivity contribution in [2.45, 2.75) is 37.0 Å². The molecule has 3 rings (SSSR count). The third-order valence-electron chi connectivity index (χ3n) is 5.75. The van der Waals surface area contributed by atoms with Crippen LogP contribution in [0, 0.1) is 0 Å². The Kier molecular flexibility index (Phi) is 10.0. The van der Waals surface area contributed by atoms with Gasteiger partial charge in [-0.3, -0.25) is 9.10 Å². The highest BCUT2D eigenvalue weighted by Gasteiger charge is 2.25. The van der Waals surface area contributed by atoms with Crippen LogP contribution in [0.5, 0.6) is 5.75 Å². The Hall–Kier alpha value is -2.34. The monoisotopic (exact) mass is 557 g/mol. The van der Waals surface area contributed by atoms with Crippen molar-refractivity contribution in [3.8, 4) is 5.75 Å². The second-order valence-electron chi connectivity index (χ2n) is 8.55. The minimum absolute atomic E-state index is 0.155. The fourth-order valence-corrected chi connectivity index (χ4v) is 6.50. The molecular weight excluding hydrogens is 526 g/mol. The van der Waals surface area contributed by atoms with E-state index in [2.05, 4.69) is 5.32 Å². The molecule has 2 aromatic rings. The van der Waals surface area contributed by atoms with Gasteiger partial charge < -0.3 is 10.1 Å². The fraction of sp³-hybridized carbons (Fsp3) is 0.458. The van der Waals surface area contributed by atoms with Gasteiger partial charge in [-0.15, -0.1) is 0 Å². The minimum Gasteiger partial charge on any atom is -0.492 e. The predicted molar refractivity (Wildman–Crippen MR) is 140 cm³/mol. The third kappa shape index (κ3) is 8.09. The predicted octanol–water partition coefficient (Wildman–Crippen LogP) is 3.26. The lowest BCUT2D eigenvalue weighted by molar-refractivity contribution is -0.121. The number of ether oxygens (including phenoxy) is 1. The molecule has 0 aromatic heterocycles. The number of benzene rings is 2. The zero-order valence-electron chi connectivity index (χ0n) is 20.2. The maximum absolute atomic E-state index is 12.7.